The molecular formula is C17H24. The van der Waals surface area contributed by atoms with Crippen LogP contribution in [0.4, 0.5) is 0 Å². The fourth-order valence-electron chi connectivity index (χ4n) is 1.18. The van der Waals surface area contributed by atoms with Crippen LogP contribution in [0.1, 0.15) is 34.1 Å². The monoisotopic (exact) mass is 228 g/mol. The summed E-state index contributed by atoms with van der Waals surface area (Å²) < 4.78 is 0. The maximum absolute atomic E-state index is 4.09. The van der Waals surface area contributed by atoms with Crippen LogP contribution < -0.4 is 0 Å². The van der Waals surface area contributed by atoms with Crippen molar-refractivity contribution >= 4 is 0 Å². The summed E-state index contributed by atoms with van der Waals surface area (Å²) in [6.07, 6.45) is 13.5. The first-order valence-corrected chi connectivity index (χ1v) is 6.05. The molecule has 0 unspecified atom stereocenters. The third kappa shape index (κ3) is 7.35. The van der Waals surface area contributed by atoms with Crippen molar-refractivity contribution in [2.75, 3.05) is 0 Å². The molecule has 0 aromatic rings. The average molecular weight is 228 g/mol. The van der Waals surface area contributed by atoms with Crippen molar-refractivity contribution in [1.29, 1.82) is 0 Å². The average Bonchev–Trinajstić information content (AvgIpc) is 2.30. The van der Waals surface area contributed by atoms with Gasteiger partial charge in [-0.2, -0.15) is 0 Å². The van der Waals surface area contributed by atoms with Gasteiger partial charge in [0, 0.05) is 0 Å². The zero-order chi connectivity index (χ0) is 13.3. The van der Waals surface area contributed by atoms with Crippen molar-refractivity contribution in [3.8, 4) is 0 Å². The SMILES string of the molecule is C=C(C)/C=C\C(=C/CC)C(=C)/C=C\C(C)=C/C. The summed E-state index contributed by atoms with van der Waals surface area (Å²) in [5.41, 5.74) is 4.49. The van der Waals surface area contributed by atoms with Crippen LogP contribution in [0.5, 0.6) is 0 Å². The summed E-state index contributed by atoms with van der Waals surface area (Å²) in [7, 11) is 0. The maximum atomic E-state index is 4.09. The van der Waals surface area contributed by atoms with E-state index >= 15 is 0 Å². The molecule has 0 spiro atoms. The van der Waals surface area contributed by atoms with E-state index in [1.165, 1.54) is 5.57 Å². The topological polar surface area (TPSA) is 0 Å². The minimum Gasteiger partial charge on any atom is -0.0961 e. The molecule has 17 heavy (non-hydrogen) atoms. The molecule has 0 aliphatic rings. The first kappa shape index (κ1) is 15.4. The molecule has 0 nitrogen and oxygen atoms in total. The van der Waals surface area contributed by atoms with Crippen LogP contribution in [0.25, 0.3) is 0 Å². The van der Waals surface area contributed by atoms with Crippen LogP contribution in [-0.2, 0) is 0 Å². The molecule has 0 bridgehead atoms. The second kappa shape index (κ2) is 8.58. The quantitative estimate of drug-likeness (QED) is 0.524. The van der Waals surface area contributed by atoms with Gasteiger partial charge in [-0.15, -0.1) is 0 Å². The Hall–Kier alpha value is -1.56. The summed E-state index contributed by atoms with van der Waals surface area (Å²) in [5, 5.41) is 0. The fourth-order valence-corrected chi connectivity index (χ4v) is 1.18. The number of hydrogen-bond acceptors (Lipinski definition) is 0. The van der Waals surface area contributed by atoms with Crippen LogP contribution in [0.2, 0.25) is 0 Å². The van der Waals surface area contributed by atoms with Crippen molar-refractivity contribution in [2.45, 2.75) is 34.1 Å². The fraction of sp³-hybridized carbons (Fsp3) is 0.294. The summed E-state index contributed by atoms with van der Waals surface area (Å²) in [6, 6.07) is 0. The number of rotatable bonds is 6. The molecule has 0 atom stereocenters. The highest BCUT2D eigenvalue weighted by Gasteiger charge is 1.94. The molecule has 0 aliphatic carbocycles. The Labute approximate surface area is 106 Å². The highest BCUT2D eigenvalue weighted by atomic mass is 14.0. The molecule has 0 fully saturated rings. The zero-order valence-electron chi connectivity index (χ0n) is 11.6. The summed E-state index contributed by atoms with van der Waals surface area (Å²) in [6.45, 7) is 16.2. The van der Waals surface area contributed by atoms with E-state index in [2.05, 4.69) is 57.4 Å². The van der Waals surface area contributed by atoms with Crippen molar-refractivity contribution < 1.29 is 0 Å². The van der Waals surface area contributed by atoms with Crippen LogP contribution in [-0.4, -0.2) is 0 Å². The molecule has 0 aromatic heterocycles. The highest BCUT2D eigenvalue weighted by molar-refractivity contribution is 5.47. The van der Waals surface area contributed by atoms with Crippen LogP contribution in [0.3, 0.4) is 0 Å². The standard InChI is InChI=1S/C17H24/c1-7-9-17(13-10-14(3)4)16(6)12-11-15(5)8-2/h8-13H,3,6-7H2,1-2,4-5H3/b12-11-,13-10-,15-8-,17-9+. The highest BCUT2D eigenvalue weighted by Crippen LogP contribution is 2.14. The molecule has 0 saturated carbocycles. The van der Waals surface area contributed by atoms with Gasteiger partial charge < -0.3 is 0 Å². The molecule has 0 N–H and O–H groups in total. The third-order valence-electron chi connectivity index (χ3n) is 2.34. The van der Waals surface area contributed by atoms with Crippen LogP contribution in [0, 0.1) is 0 Å². The van der Waals surface area contributed by atoms with Crippen molar-refractivity contribution in [2.24, 2.45) is 0 Å². The lowest BCUT2D eigenvalue weighted by atomic mass is 10.0. The van der Waals surface area contributed by atoms with E-state index in [9.17, 15) is 0 Å². The second-order valence-electron chi connectivity index (χ2n) is 4.14. The maximum Gasteiger partial charge on any atom is -0.0230 e. The second-order valence-corrected chi connectivity index (χ2v) is 4.14. The van der Waals surface area contributed by atoms with Gasteiger partial charge in [0.15, 0.2) is 0 Å². The van der Waals surface area contributed by atoms with E-state index in [1.54, 1.807) is 0 Å². The van der Waals surface area contributed by atoms with Gasteiger partial charge in [0.2, 0.25) is 0 Å². The Morgan fingerprint density at radius 3 is 2.12 bits per heavy atom. The Morgan fingerprint density at radius 1 is 1.00 bits per heavy atom. The minimum atomic E-state index is 1.01. The molecule has 0 heterocycles. The lowest BCUT2D eigenvalue weighted by Gasteiger charge is -2.02. The molecule has 0 heteroatoms. The van der Waals surface area contributed by atoms with E-state index < -0.39 is 0 Å². The number of hydrogen-bond donors (Lipinski definition) is 0. The summed E-state index contributed by atoms with van der Waals surface area (Å²) in [4.78, 5) is 0. The smallest absolute Gasteiger partial charge is 0.0230 e. The normalized spacial score (nSPS) is 13.6. The Kier molecular flexibility index (Phi) is 7.79. The van der Waals surface area contributed by atoms with Gasteiger partial charge in [-0.05, 0) is 38.3 Å². The molecule has 0 aliphatic heterocycles. The molecule has 0 rings (SSSR count). The minimum absolute atomic E-state index is 1.01. The lowest BCUT2D eigenvalue weighted by molar-refractivity contribution is 1.20. The van der Waals surface area contributed by atoms with Crippen molar-refractivity contribution in [1.82, 2.24) is 0 Å². The van der Waals surface area contributed by atoms with E-state index in [-0.39, 0.29) is 0 Å². The van der Waals surface area contributed by atoms with Gasteiger partial charge in [-0.1, -0.05) is 67.7 Å². The van der Waals surface area contributed by atoms with Gasteiger partial charge in [0.25, 0.3) is 0 Å². The third-order valence-corrected chi connectivity index (χ3v) is 2.34. The Morgan fingerprint density at radius 2 is 1.65 bits per heavy atom. The lowest BCUT2D eigenvalue weighted by Crippen LogP contribution is -1.82. The predicted molar refractivity (Wildman–Crippen MR) is 80.0 cm³/mol. The van der Waals surface area contributed by atoms with Crippen LogP contribution >= 0.6 is 0 Å². The number of allylic oxidation sites excluding steroid dienone is 10. The van der Waals surface area contributed by atoms with E-state index in [0.717, 1.165) is 23.1 Å². The largest absolute Gasteiger partial charge is 0.0961 e. The first-order valence-electron chi connectivity index (χ1n) is 6.05. The predicted octanol–water partition coefficient (Wildman–Crippen LogP) is 5.53. The van der Waals surface area contributed by atoms with Gasteiger partial charge in [-0.25, -0.2) is 0 Å². The Balaban J connectivity index is 4.86. The van der Waals surface area contributed by atoms with Gasteiger partial charge in [0.05, 0.1) is 0 Å². The summed E-state index contributed by atoms with van der Waals surface area (Å²) in [5.74, 6) is 0. The van der Waals surface area contributed by atoms with Crippen molar-refractivity contribution in [3.63, 3.8) is 0 Å². The zero-order valence-corrected chi connectivity index (χ0v) is 11.6. The Bertz CT molecular complexity index is 384. The molecule has 0 radical (unpaired) electrons. The molecular weight excluding hydrogens is 204 g/mol. The van der Waals surface area contributed by atoms with Crippen LogP contribution in [0.15, 0.2) is 71.9 Å². The van der Waals surface area contributed by atoms with Gasteiger partial charge >= 0.3 is 0 Å². The molecule has 0 aromatic carbocycles. The van der Waals surface area contributed by atoms with E-state index in [1.807, 2.05) is 19.9 Å². The van der Waals surface area contributed by atoms with Crippen molar-refractivity contribution in [3.05, 3.63) is 71.9 Å². The summed E-state index contributed by atoms with van der Waals surface area (Å²) >= 11 is 0. The molecule has 92 valence electrons. The van der Waals surface area contributed by atoms with E-state index in [4.69, 9.17) is 0 Å². The molecule has 0 saturated heterocycles. The molecule has 0 amide bonds. The van der Waals surface area contributed by atoms with Gasteiger partial charge in [-0.3, -0.25) is 0 Å². The van der Waals surface area contributed by atoms with E-state index in [0.29, 0.717) is 0 Å². The van der Waals surface area contributed by atoms with Gasteiger partial charge in [0.1, 0.15) is 0 Å². The first-order chi connectivity index (χ1) is 8.01.